The predicted molar refractivity (Wildman–Crippen MR) is 58.5 cm³/mol. The van der Waals surface area contributed by atoms with Crippen LogP contribution in [0.5, 0.6) is 5.75 Å². The Balaban J connectivity index is 3.37. The number of nitrogen functional groups attached to an aromatic ring is 1. The van der Waals surface area contributed by atoms with Crippen LogP contribution in [0, 0.1) is 0 Å². The molecule has 5 heteroatoms. The van der Waals surface area contributed by atoms with Crippen molar-refractivity contribution >= 4 is 27.5 Å². The van der Waals surface area contributed by atoms with Crippen LogP contribution >= 0.6 is 15.9 Å². The van der Waals surface area contributed by atoms with E-state index < -0.39 is 0 Å². The van der Waals surface area contributed by atoms with Crippen molar-refractivity contribution in [3.05, 3.63) is 22.2 Å². The monoisotopic (exact) mass is 258 g/mol. The van der Waals surface area contributed by atoms with E-state index in [1.807, 2.05) is 0 Å². The molecule has 76 valence electrons. The van der Waals surface area contributed by atoms with Gasteiger partial charge in [0.25, 0.3) is 5.91 Å². The standard InChI is InChI=1S/C9H11BrN2O2/c1-12-9(13)7-6(11)4-3-5(10)8(7)14-2/h3-4H,11H2,1-2H3,(H,12,13). The average molecular weight is 259 g/mol. The Labute approximate surface area is 90.6 Å². The molecule has 1 amide bonds. The minimum absolute atomic E-state index is 0.263. The van der Waals surface area contributed by atoms with Crippen LogP contribution in [0.15, 0.2) is 16.6 Å². The van der Waals surface area contributed by atoms with E-state index in [1.165, 1.54) is 7.11 Å². The maximum atomic E-state index is 11.5. The fraction of sp³-hybridized carbons (Fsp3) is 0.222. The molecule has 0 aliphatic carbocycles. The predicted octanol–water partition coefficient (Wildman–Crippen LogP) is 1.40. The lowest BCUT2D eigenvalue weighted by Gasteiger charge is -2.11. The molecule has 3 N–H and O–H groups in total. The second-order valence-electron chi connectivity index (χ2n) is 2.62. The second-order valence-corrected chi connectivity index (χ2v) is 3.48. The Morgan fingerprint density at radius 1 is 1.57 bits per heavy atom. The van der Waals surface area contributed by atoms with Gasteiger partial charge in [-0.2, -0.15) is 0 Å². The summed E-state index contributed by atoms with van der Waals surface area (Å²) >= 11 is 3.28. The molecule has 0 aliphatic heterocycles. The van der Waals surface area contributed by atoms with Crippen molar-refractivity contribution in [3.8, 4) is 5.75 Å². The number of anilines is 1. The zero-order chi connectivity index (χ0) is 10.7. The van der Waals surface area contributed by atoms with Crippen LogP contribution in [0.2, 0.25) is 0 Å². The fourth-order valence-electron chi connectivity index (χ4n) is 1.13. The van der Waals surface area contributed by atoms with Crippen molar-refractivity contribution in [2.24, 2.45) is 0 Å². The summed E-state index contributed by atoms with van der Waals surface area (Å²) in [4.78, 5) is 11.5. The number of hydrogen-bond acceptors (Lipinski definition) is 3. The molecule has 1 aromatic rings. The molecule has 0 aliphatic rings. The molecule has 0 radical (unpaired) electrons. The Hall–Kier alpha value is -1.23. The highest BCUT2D eigenvalue weighted by Crippen LogP contribution is 2.32. The first kappa shape index (κ1) is 10.8. The third-order valence-electron chi connectivity index (χ3n) is 1.80. The van der Waals surface area contributed by atoms with Gasteiger partial charge in [-0.15, -0.1) is 0 Å². The highest BCUT2D eigenvalue weighted by Gasteiger charge is 2.16. The van der Waals surface area contributed by atoms with Gasteiger partial charge in [0.1, 0.15) is 11.3 Å². The number of rotatable bonds is 2. The molecule has 0 spiro atoms. The fourth-order valence-corrected chi connectivity index (χ4v) is 1.62. The van der Waals surface area contributed by atoms with Crippen LogP contribution in [0.25, 0.3) is 0 Å². The van der Waals surface area contributed by atoms with Gasteiger partial charge in [0, 0.05) is 12.7 Å². The number of benzene rings is 1. The molecule has 0 heterocycles. The molecular weight excluding hydrogens is 248 g/mol. The lowest BCUT2D eigenvalue weighted by Crippen LogP contribution is -2.20. The Bertz CT molecular complexity index is 366. The molecule has 0 bridgehead atoms. The summed E-state index contributed by atoms with van der Waals surface area (Å²) in [6.07, 6.45) is 0. The van der Waals surface area contributed by atoms with Gasteiger partial charge in [-0.25, -0.2) is 0 Å². The maximum Gasteiger partial charge on any atom is 0.256 e. The van der Waals surface area contributed by atoms with E-state index in [-0.39, 0.29) is 5.91 Å². The van der Waals surface area contributed by atoms with E-state index in [0.29, 0.717) is 21.5 Å². The van der Waals surface area contributed by atoms with Crippen LogP contribution in [0.3, 0.4) is 0 Å². The van der Waals surface area contributed by atoms with Crippen molar-refractivity contribution < 1.29 is 9.53 Å². The molecule has 0 atom stereocenters. The van der Waals surface area contributed by atoms with Gasteiger partial charge in [-0.05, 0) is 28.1 Å². The van der Waals surface area contributed by atoms with Gasteiger partial charge in [0.05, 0.1) is 11.6 Å². The summed E-state index contributed by atoms with van der Waals surface area (Å²) in [5.74, 6) is 0.185. The summed E-state index contributed by atoms with van der Waals surface area (Å²) in [7, 11) is 3.04. The minimum atomic E-state index is -0.263. The first-order chi connectivity index (χ1) is 6.61. The summed E-state index contributed by atoms with van der Waals surface area (Å²) in [6, 6.07) is 3.39. The van der Waals surface area contributed by atoms with Gasteiger partial charge in [-0.3, -0.25) is 4.79 Å². The largest absolute Gasteiger partial charge is 0.495 e. The van der Waals surface area contributed by atoms with Crippen LogP contribution in [0.1, 0.15) is 10.4 Å². The summed E-state index contributed by atoms with van der Waals surface area (Å²) in [5.41, 5.74) is 6.42. The van der Waals surface area contributed by atoms with Gasteiger partial charge < -0.3 is 15.8 Å². The first-order valence-electron chi connectivity index (χ1n) is 3.95. The zero-order valence-corrected chi connectivity index (χ0v) is 9.51. The number of halogens is 1. The summed E-state index contributed by atoms with van der Waals surface area (Å²) in [6.45, 7) is 0. The number of nitrogens with one attached hydrogen (secondary N) is 1. The first-order valence-corrected chi connectivity index (χ1v) is 4.75. The van der Waals surface area contributed by atoms with Crippen LogP contribution < -0.4 is 15.8 Å². The van der Waals surface area contributed by atoms with Crippen molar-refractivity contribution in [1.82, 2.24) is 5.32 Å². The number of methoxy groups -OCH3 is 1. The zero-order valence-electron chi connectivity index (χ0n) is 7.93. The molecule has 14 heavy (non-hydrogen) atoms. The number of hydrogen-bond donors (Lipinski definition) is 2. The van der Waals surface area contributed by atoms with E-state index in [1.54, 1.807) is 19.2 Å². The third-order valence-corrected chi connectivity index (χ3v) is 2.42. The topological polar surface area (TPSA) is 64.4 Å². The van der Waals surface area contributed by atoms with Crippen LogP contribution in [-0.4, -0.2) is 20.1 Å². The van der Waals surface area contributed by atoms with E-state index >= 15 is 0 Å². The molecular formula is C9H11BrN2O2. The van der Waals surface area contributed by atoms with Gasteiger partial charge in [0.2, 0.25) is 0 Å². The van der Waals surface area contributed by atoms with E-state index in [2.05, 4.69) is 21.2 Å². The molecule has 0 aromatic heterocycles. The number of carbonyl (C=O) groups is 1. The normalized spacial score (nSPS) is 9.64. The highest BCUT2D eigenvalue weighted by atomic mass is 79.9. The van der Waals surface area contributed by atoms with Crippen molar-refractivity contribution in [2.45, 2.75) is 0 Å². The lowest BCUT2D eigenvalue weighted by atomic mass is 10.1. The molecule has 0 fully saturated rings. The lowest BCUT2D eigenvalue weighted by molar-refractivity contribution is 0.0961. The molecule has 0 saturated carbocycles. The van der Waals surface area contributed by atoms with Crippen molar-refractivity contribution in [1.29, 1.82) is 0 Å². The van der Waals surface area contributed by atoms with E-state index in [9.17, 15) is 4.79 Å². The van der Waals surface area contributed by atoms with E-state index in [0.717, 1.165) is 0 Å². The third kappa shape index (κ3) is 1.82. The van der Waals surface area contributed by atoms with E-state index in [4.69, 9.17) is 10.5 Å². The maximum absolute atomic E-state index is 11.5. The second kappa shape index (κ2) is 4.32. The Morgan fingerprint density at radius 2 is 2.21 bits per heavy atom. The quantitative estimate of drug-likeness (QED) is 0.789. The van der Waals surface area contributed by atoms with Crippen LogP contribution in [0.4, 0.5) is 5.69 Å². The van der Waals surface area contributed by atoms with Gasteiger partial charge in [0.15, 0.2) is 0 Å². The number of ether oxygens (including phenoxy) is 1. The van der Waals surface area contributed by atoms with Crippen LogP contribution in [-0.2, 0) is 0 Å². The smallest absolute Gasteiger partial charge is 0.256 e. The molecule has 1 aromatic carbocycles. The molecule has 0 saturated heterocycles. The van der Waals surface area contributed by atoms with Crippen molar-refractivity contribution in [3.63, 3.8) is 0 Å². The average Bonchev–Trinajstić information content (AvgIpc) is 2.19. The Kier molecular flexibility index (Phi) is 3.35. The van der Waals surface area contributed by atoms with Gasteiger partial charge in [-0.1, -0.05) is 0 Å². The minimum Gasteiger partial charge on any atom is -0.495 e. The molecule has 0 unspecified atom stereocenters. The Morgan fingerprint density at radius 3 is 2.71 bits per heavy atom. The molecule has 1 rings (SSSR count). The van der Waals surface area contributed by atoms with Gasteiger partial charge >= 0.3 is 0 Å². The SMILES string of the molecule is CNC(=O)c1c(N)ccc(Br)c1OC. The highest BCUT2D eigenvalue weighted by molar-refractivity contribution is 9.10. The number of nitrogens with two attached hydrogens (primary N) is 1. The number of amides is 1. The molecule has 4 nitrogen and oxygen atoms in total. The summed E-state index contributed by atoms with van der Waals surface area (Å²) in [5, 5.41) is 2.50. The summed E-state index contributed by atoms with van der Waals surface area (Å²) < 4.78 is 5.79. The number of carbonyl (C=O) groups excluding carboxylic acids is 1. The van der Waals surface area contributed by atoms with Crippen molar-refractivity contribution in [2.75, 3.05) is 19.9 Å².